The lowest BCUT2D eigenvalue weighted by Gasteiger charge is -2.53. The summed E-state index contributed by atoms with van der Waals surface area (Å²) in [6.07, 6.45) is 0. The highest BCUT2D eigenvalue weighted by atomic mass is 28.4. The molecule has 0 fully saturated rings. The van der Waals surface area contributed by atoms with Crippen molar-refractivity contribution in [2.24, 2.45) is 0 Å². The summed E-state index contributed by atoms with van der Waals surface area (Å²) in [4.78, 5) is 0. The van der Waals surface area contributed by atoms with Crippen LogP contribution in [-0.4, -0.2) is 24.7 Å². The second-order valence-electron chi connectivity index (χ2n) is 16.9. The van der Waals surface area contributed by atoms with Gasteiger partial charge in [0.15, 0.2) is 0 Å². The van der Waals surface area contributed by atoms with Crippen molar-refractivity contribution in [2.75, 3.05) is 0 Å². The molecule has 0 aromatic heterocycles. The quantitative estimate of drug-likeness (QED) is 0.287. The fraction of sp³-hybridized carbons (Fsp3) is 0.647. The first-order chi connectivity index (χ1) is 17.3. The van der Waals surface area contributed by atoms with Gasteiger partial charge in [0.05, 0.1) is 8.07 Å². The first kappa shape index (κ1) is 33.9. The lowest BCUT2D eigenvalue weighted by atomic mass is 10.2. The highest BCUT2D eigenvalue weighted by molar-refractivity contribution is 6.84. The average Bonchev–Trinajstić information content (AvgIpc) is 2.72. The lowest BCUT2D eigenvalue weighted by molar-refractivity contribution is 0.492. The molecule has 0 amide bonds. The van der Waals surface area contributed by atoms with Gasteiger partial charge in [-0.2, -0.15) is 0 Å². The molecule has 0 spiro atoms. The molecule has 0 aliphatic heterocycles. The Kier molecular flexibility index (Phi) is 9.71. The van der Waals surface area contributed by atoms with E-state index in [-0.39, 0.29) is 20.2 Å². The first-order valence-corrected chi connectivity index (χ1v) is 23.1. The van der Waals surface area contributed by atoms with Crippen molar-refractivity contribution < 1.29 is 8.85 Å². The molecule has 2 aromatic carbocycles. The Bertz CT molecular complexity index is 983. The van der Waals surface area contributed by atoms with E-state index in [9.17, 15) is 0 Å². The van der Waals surface area contributed by atoms with Gasteiger partial charge in [-0.15, -0.1) is 0 Å². The van der Waals surface area contributed by atoms with Crippen LogP contribution in [0.2, 0.25) is 46.3 Å². The molecular formula is C34H60O2Si3. The van der Waals surface area contributed by atoms with Gasteiger partial charge < -0.3 is 8.85 Å². The van der Waals surface area contributed by atoms with Gasteiger partial charge >= 0.3 is 0 Å². The van der Waals surface area contributed by atoms with E-state index in [1.54, 1.807) is 0 Å². The standard InChI is InChI=1S/C34H60O2Si3/c1-31(2,3)37(13,14)35-29-21-17-27(18-22-29)25-39(33(7,8)9,34(10,11)12)26-28-19-23-30(24-20-28)36-38(15,16)32(4,5)6/h17-24H,25-26H2,1-16H3. The van der Waals surface area contributed by atoms with Crippen LogP contribution in [0.25, 0.3) is 0 Å². The van der Waals surface area contributed by atoms with Crippen LogP contribution in [0.3, 0.4) is 0 Å². The van der Waals surface area contributed by atoms with Crippen LogP contribution >= 0.6 is 0 Å². The molecule has 0 saturated heterocycles. The fourth-order valence-electron chi connectivity index (χ4n) is 5.19. The Morgan fingerprint density at radius 3 is 0.897 bits per heavy atom. The van der Waals surface area contributed by atoms with Crippen molar-refractivity contribution in [3.8, 4) is 11.5 Å². The maximum Gasteiger partial charge on any atom is 0.250 e. The van der Waals surface area contributed by atoms with Crippen LogP contribution in [0.4, 0.5) is 0 Å². The monoisotopic (exact) mass is 584 g/mol. The van der Waals surface area contributed by atoms with Gasteiger partial charge in [0.25, 0.3) is 0 Å². The van der Waals surface area contributed by atoms with E-state index in [2.05, 4.69) is 158 Å². The molecule has 220 valence electrons. The number of hydrogen-bond acceptors (Lipinski definition) is 2. The van der Waals surface area contributed by atoms with Crippen LogP contribution in [0.5, 0.6) is 11.5 Å². The van der Waals surface area contributed by atoms with E-state index in [1.165, 1.54) is 11.1 Å². The largest absolute Gasteiger partial charge is 0.544 e. The SMILES string of the molecule is CC(C)(C)[Si](C)(C)Oc1ccc(C[Si](Cc2ccc(O[Si](C)(C)C(C)(C)C)cc2)(C(C)(C)C)C(C)(C)C)cc1. The molecule has 2 rings (SSSR count). The normalized spacial score (nSPS) is 14.4. The summed E-state index contributed by atoms with van der Waals surface area (Å²) in [5.74, 6) is 2.03. The molecule has 0 atom stereocenters. The molecule has 39 heavy (non-hydrogen) atoms. The Morgan fingerprint density at radius 2 is 0.692 bits per heavy atom. The van der Waals surface area contributed by atoms with Crippen molar-refractivity contribution in [2.45, 2.75) is 142 Å². The van der Waals surface area contributed by atoms with E-state index >= 15 is 0 Å². The smallest absolute Gasteiger partial charge is 0.250 e. The van der Waals surface area contributed by atoms with Gasteiger partial charge in [-0.3, -0.25) is 0 Å². The van der Waals surface area contributed by atoms with Gasteiger partial charge in [0.2, 0.25) is 16.6 Å². The van der Waals surface area contributed by atoms with Gasteiger partial charge in [0.1, 0.15) is 11.5 Å². The second kappa shape index (κ2) is 11.2. The van der Waals surface area contributed by atoms with E-state index < -0.39 is 24.7 Å². The third kappa shape index (κ3) is 7.91. The molecule has 0 unspecified atom stereocenters. The molecule has 0 heterocycles. The molecule has 2 nitrogen and oxygen atoms in total. The zero-order chi connectivity index (χ0) is 30.3. The first-order valence-electron chi connectivity index (χ1n) is 14.9. The molecule has 0 radical (unpaired) electrons. The van der Waals surface area contributed by atoms with Crippen molar-refractivity contribution in [3.05, 3.63) is 59.7 Å². The highest BCUT2D eigenvalue weighted by Gasteiger charge is 2.52. The highest BCUT2D eigenvalue weighted by Crippen LogP contribution is 2.54. The maximum absolute atomic E-state index is 6.59. The number of benzene rings is 2. The molecule has 0 saturated carbocycles. The molecule has 5 heteroatoms. The number of hydrogen-bond donors (Lipinski definition) is 0. The molecular weight excluding hydrogens is 525 g/mol. The van der Waals surface area contributed by atoms with E-state index in [0.29, 0.717) is 0 Å². The van der Waals surface area contributed by atoms with E-state index in [1.807, 2.05) is 0 Å². The van der Waals surface area contributed by atoms with E-state index in [4.69, 9.17) is 8.85 Å². The van der Waals surface area contributed by atoms with Gasteiger partial charge in [-0.05, 0) is 82.7 Å². The molecule has 0 N–H and O–H groups in total. The zero-order valence-electron chi connectivity index (χ0n) is 28.3. The van der Waals surface area contributed by atoms with Gasteiger partial charge in [-0.25, -0.2) is 0 Å². The summed E-state index contributed by atoms with van der Waals surface area (Å²) in [6, 6.07) is 20.5. The summed E-state index contributed by atoms with van der Waals surface area (Å²) >= 11 is 0. The Labute approximate surface area is 245 Å². The molecule has 0 aliphatic carbocycles. The third-order valence-electron chi connectivity index (χ3n) is 10.1. The van der Waals surface area contributed by atoms with Crippen LogP contribution in [-0.2, 0) is 12.1 Å². The fourth-order valence-corrected chi connectivity index (χ4v) is 13.6. The second-order valence-corrected chi connectivity index (χ2v) is 32.3. The minimum absolute atomic E-state index is 0.192. The predicted molar refractivity (Wildman–Crippen MR) is 181 cm³/mol. The summed E-state index contributed by atoms with van der Waals surface area (Å²) in [5.41, 5.74) is 2.87. The average molecular weight is 585 g/mol. The van der Waals surface area contributed by atoms with Crippen LogP contribution < -0.4 is 8.85 Å². The van der Waals surface area contributed by atoms with Gasteiger partial charge in [-0.1, -0.05) is 118 Å². The van der Waals surface area contributed by atoms with Crippen molar-refractivity contribution >= 4 is 24.7 Å². The van der Waals surface area contributed by atoms with Gasteiger partial charge in [0, 0.05) is 0 Å². The van der Waals surface area contributed by atoms with Crippen LogP contribution in [0.1, 0.15) is 94.2 Å². The third-order valence-corrected chi connectivity index (χ3v) is 26.6. The summed E-state index contributed by atoms with van der Waals surface area (Å²) in [6.45, 7) is 38.0. The summed E-state index contributed by atoms with van der Waals surface area (Å²) < 4.78 is 13.2. The maximum atomic E-state index is 6.59. The van der Waals surface area contributed by atoms with Crippen LogP contribution in [0, 0.1) is 0 Å². The molecule has 0 aliphatic rings. The van der Waals surface area contributed by atoms with Crippen molar-refractivity contribution in [3.63, 3.8) is 0 Å². The Morgan fingerprint density at radius 1 is 0.436 bits per heavy atom. The van der Waals surface area contributed by atoms with Crippen molar-refractivity contribution in [1.29, 1.82) is 0 Å². The zero-order valence-corrected chi connectivity index (χ0v) is 31.3. The lowest BCUT2D eigenvalue weighted by Crippen LogP contribution is -2.56. The van der Waals surface area contributed by atoms with E-state index in [0.717, 1.165) is 23.6 Å². The molecule has 2 aromatic rings. The molecule has 0 bridgehead atoms. The number of rotatable bonds is 8. The minimum atomic E-state index is -1.93. The van der Waals surface area contributed by atoms with Crippen molar-refractivity contribution in [1.82, 2.24) is 0 Å². The van der Waals surface area contributed by atoms with Crippen LogP contribution in [0.15, 0.2) is 48.5 Å². The Balaban J connectivity index is 2.39. The predicted octanol–water partition coefficient (Wildman–Crippen LogP) is 11.4. The summed E-state index contributed by atoms with van der Waals surface area (Å²) in [7, 11) is -5.63. The minimum Gasteiger partial charge on any atom is -0.544 e. The topological polar surface area (TPSA) is 18.5 Å². The summed E-state index contributed by atoms with van der Waals surface area (Å²) in [5, 5.41) is 0.852. The Hall–Kier alpha value is -1.31.